The monoisotopic (exact) mass is 433 g/mol. The minimum absolute atomic E-state index is 0.0193. The van der Waals surface area contributed by atoms with Gasteiger partial charge in [-0.05, 0) is 43.3 Å². The molecule has 0 fully saturated rings. The topological polar surface area (TPSA) is 88.5 Å². The van der Waals surface area contributed by atoms with E-state index in [0.29, 0.717) is 37.0 Å². The van der Waals surface area contributed by atoms with E-state index in [1.807, 2.05) is 54.4 Å². The van der Waals surface area contributed by atoms with E-state index < -0.39 is 0 Å². The van der Waals surface area contributed by atoms with Gasteiger partial charge in [0.25, 0.3) is 0 Å². The summed E-state index contributed by atoms with van der Waals surface area (Å²) in [5.41, 5.74) is 2.48. The van der Waals surface area contributed by atoms with Gasteiger partial charge in [-0.15, -0.1) is 0 Å². The molecule has 3 rings (SSSR count). The number of amides is 1. The van der Waals surface area contributed by atoms with Crippen LogP contribution in [-0.2, 0) is 16.0 Å². The van der Waals surface area contributed by atoms with Crippen LogP contribution in [0.5, 0.6) is 11.6 Å². The highest BCUT2D eigenvalue weighted by Crippen LogP contribution is 2.25. The summed E-state index contributed by atoms with van der Waals surface area (Å²) in [4.78, 5) is 39.6. The number of likely N-dealkylation sites (N-methyl/N-ethyl adjacent to an activating group) is 2. The second-order valence-electron chi connectivity index (χ2n) is 7.60. The summed E-state index contributed by atoms with van der Waals surface area (Å²) in [6, 6.07) is 13.2. The standard InChI is InChI=1S/C24H27N5O3/c1-17(30)14-20-6-5-7-22(26-20)19-8-10-21(11-9-19)32-24-16-25-15-23(27-24)29(4)13-12-28(3)18(2)31/h5-11,15-16H,12-14H2,1-4H3. The van der Waals surface area contributed by atoms with E-state index in [1.165, 1.54) is 0 Å². The highest BCUT2D eigenvalue weighted by Gasteiger charge is 2.09. The lowest BCUT2D eigenvalue weighted by Crippen LogP contribution is -2.33. The number of ether oxygens (including phenoxy) is 1. The number of pyridine rings is 1. The second kappa shape index (κ2) is 10.5. The van der Waals surface area contributed by atoms with Crippen LogP contribution in [0.2, 0.25) is 0 Å². The Bertz CT molecular complexity index is 1090. The molecule has 0 bridgehead atoms. The van der Waals surface area contributed by atoms with E-state index in [4.69, 9.17) is 4.74 Å². The molecule has 3 aromatic rings. The van der Waals surface area contributed by atoms with Crippen molar-refractivity contribution in [2.24, 2.45) is 0 Å². The Kier molecular flexibility index (Phi) is 7.49. The highest BCUT2D eigenvalue weighted by molar-refractivity contribution is 5.78. The number of nitrogens with zero attached hydrogens (tertiary/aromatic N) is 5. The maximum absolute atomic E-state index is 11.4. The van der Waals surface area contributed by atoms with Crippen LogP contribution in [0.15, 0.2) is 54.9 Å². The van der Waals surface area contributed by atoms with Crippen molar-refractivity contribution in [1.82, 2.24) is 19.9 Å². The minimum atomic E-state index is 0.0193. The Hall–Kier alpha value is -3.81. The zero-order valence-corrected chi connectivity index (χ0v) is 18.8. The molecule has 2 aromatic heterocycles. The van der Waals surface area contributed by atoms with E-state index in [0.717, 1.165) is 17.0 Å². The number of anilines is 1. The average molecular weight is 434 g/mol. The molecule has 1 aromatic carbocycles. The van der Waals surface area contributed by atoms with E-state index in [-0.39, 0.29) is 11.7 Å². The largest absolute Gasteiger partial charge is 0.437 e. The molecule has 0 aliphatic heterocycles. The molecule has 32 heavy (non-hydrogen) atoms. The molecule has 0 N–H and O–H groups in total. The van der Waals surface area contributed by atoms with Gasteiger partial charge < -0.3 is 14.5 Å². The summed E-state index contributed by atoms with van der Waals surface area (Å²) in [6.07, 6.45) is 3.53. The van der Waals surface area contributed by atoms with Crippen molar-refractivity contribution < 1.29 is 14.3 Å². The van der Waals surface area contributed by atoms with E-state index >= 15 is 0 Å². The van der Waals surface area contributed by atoms with Crippen LogP contribution in [0.25, 0.3) is 11.3 Å². The molecule has 8 heteroatoms. The maximum atomic E-state index is 11.4. The fourth-order valence-corrected chi connectivity index (χ4v) is 2.95. The number of benzene rings is 1. The molecule has 0 aliphatic rings. The third kappa shape index (κ3) is 6.34. The van der Waals surface area contributed by atoms with Crippen molar-refractivity contribution in [3.63, 3.8) is 0 Å². The predicted octanol–water partition coefficient (Wildman–Crippen LogP) is 3.38. The van der Waals surface area contributed by atoms with Gasteiger partial charge in [0.05, 0.1) is 18.1 Å². The summed E-state index contributed by atoms with van der Waals surface area (Å²) in [5.74, 6) is 1.76. The minimum Gasteiger partial charge on any atom is -0.437 e. The molecule has 8 nitrogen and oxygen atoms in total. The van der Waals surface area contributed by atoms with Crippen molar-refractivity contribution >= 4 is 17.5 Å². The third-order valence-corrected chi connectivity index (χ3v) is 4.91. The van der Waals surface area contributed by atoms with Gasteiger partial charge in [0.15, 0.2) is 5.82 Å². The third-order valence-electron chi connectivity index (χ3n) is 4.91. The molecule has 0 aliphatic carbocycles. The molecule has 0 saturated carbocycles. The number of carbonyl (C=O) groups excluding carboxylic acids is 2. The summed E-state index contributed by atoms with van der Waals surface area (Å²) in [7, 11) is 3.66. The maximum Gasteiger partial charge on any atom is 0.239 e. The van der Waals surface area contributed by atoms with E-state index in [2.05, 4.69) is 15.0 Å². The first-order chi connectivity index (χ1) is 15.3. The fourth-order valence-electron chi connectivity index (χ4n) is 2.95. The summed E-state index contributed by atoms with van der Waals surface area (Å²) in [6.45, 7) is 4.31. The Morgan fingerprint density at radius 3 is 2.38 bits per heavy atom. The van der Waals surface area contributed by atoms with E-state index in [1.54, 1.807) is 38.2 Å². The summed E-state index contributed by atoms with van der Waals surface area (Å²) >= 11 is 0. The zero-order chi connectivity index (χ0) is 23.1. The quantitative estimate of drug-likeness (QED) is 0.511. The number of aromatic nitrogens is 3. The lowest BCUT2D eigenvalue weighted by atomic mass is 10.1. The Morgan fingerprint density at radius 1 is 0.938 bits per heavy atom. The number of rotatable bonds is 9. The number of hydrogen-bond acceptors (Lipinski definition) is 7. The van der Waals surface area contributed by atoms with Crippen LogP contribution in [0.4, 0.5) is 5.82 Å². The van der Waals surface area contributed by atoms with Crippen LogP contribution in [0.3, 0.4) is 0 Å². The van der Waals surface area contributed by atoms with Gasteiger partial charge in [0.2, 0.25) is 11.8 Å². The normalized spacial score (nSPS) is 10.5. The second-order valence-corrected chi connectivity index (χ2v) is 7.60. The van der Waals surface area contributed by atoms with Crippen molar-refractivity contribution in [2.45, 2.75) is 20.3 Å². The van der Waals surface area contributed by atoms with Crippen LogP contribution < -0.4 is 9.64 Å². The van der Waals surface area contributed by atoms with Crippen LogP contribution >= 0.6 is 0 Å². The number of ketones is 1. The lowest BCUT2D eigenvalue weighted by molar-refractivity contribution is -0.127. The van der Waals surface area contributed by atoms with Gasteiger partial charge in [0.1, 0.15) is 11.5 Å². The molecule has 0 saturated heterocycles. The van der Waals surface area contributed by atoms with Gasteiger partial charge in [-0.2, -0.15) is 4.98 Å². The number of hydrogen-bond donors (Lipinski definition) is 0. The molecular formula is C24H27N5O3. The summed E-state index contributed by atoms with van der Waals surface area (Å²) in [5, 5.41) is 0. The first-order valence-electron chi connectivity index (χ1n) is 10.3. The number of carbonyl (C=O) groups is 2. The van der Waals surface area contributed by atoms with Gasteiger partial charge in [-0.3, -0.25) is 19.6 Å². The average Bonchev–Trinajstić information content (AvgIpc) is 2.77. The molecular weight excluding hydrogens is 406 g/mol. The SMILES string of the molecule is CC(=O)Cc1cccc(-c2ccc(Oc3cncc(N(C)CCN(C)C(C)=O)n3)cc2)n1. The summed E-state index contributed by atoms with van der Waals surface area (Å²) < 4.78 is 5.87. The Balaban J connectivity index is 1.66. The van der Waals surface area contributed by atoms with Gasteiger partial charge in [0, 0.05) is 51.8 Å². The van der Waals surface area contributed by atoms with Crippen molar-refractivity contribution in [1.29, 1.82) is 0 Å². The van der Waals surface area contributed by atoms with Crippen LogP contribution in [0.1, 0.15) is 19.5 Å². The first-order valence-corrected chi connectivity index (χ1v) is 10.3. The number of Topliss-reactive ketones (excluding diaryl/α,β-unsaturated/α-hetero) is 1. The van der Waals surface area contributed by atoms with Crippen molar-refractivity contribution in [2.75, 3.05) is 32.1 Å². The smallest absolute Gasteiger partial charge is 0.239 e. The van der Waals surface area contributed by atoms with E-state index in [9.17, 15) is 9.59 Å². The Morgan fingerprint density at radius 2 is 1.69 bits per heavy atom. The Labute approximate surface area is 187 Å². The van der Waals surface area contributed by atoms with Gasteiger partial charge >= 0.3 is 0 Å². The van der Waals surface area contributed by atoms with Crippen LogP contribution in [0, 0.1) is 0 Å². The molecule has 0 unspecified atom stereocenters. The van der Waals surface area contributed by atoms with Gasteiger partial charge in [-0.1, -0.05) is 6.07 Å². The predicted molar refractivity (Wildman–Crippen MR) is 123 cm³/mol. The van der Waals surface area contributed by atoms with Crippen molar-refractivity contribution in [3.8, 4) is 22.9 Å². The lowest BCUT2D eigenvalue weighted by Gasteiger charge is -2.22. The molecule has 0 spiro atoms. The van der Waals surface area contributed by atoms with Gasteiger partial charge in [-0.25, -0.2) is 0 Å². The fraction of sp³-hybridized carbons (Fsp3) is 0.292. The molecule has 0 atom stereocenters. The zero-order valence-electron chi connectivity index (χ0n) is 18.8. The molecule has 2 heterocycles. The molecule has 166 valence electrons. The highest BCUT2D eigenvalue weighted by atomic mass is 16.5. The molecule has 0 radical (unpaired) electrons. The van der Waals surface area contributed by atoms with Crippen molar-refractivity contribution in [3.05, 3.63) is 60.6 Å². The molecule has 1 amide bonds. The van der Waals surface area contributed by atoms with Crippen LogP contribution in [-0.4, -0.2) is 58.7 Å². The first kappa shape index (κ1) is 22.9.